The van der Waals surface area contributed by atoms with Gasteiger partial charge in [0, 0.05) is 19.1 Å². The van der Waals surface area contributed by atoms with Gasteiger partial charge < -0.3 is 20.2 Å². The molecule has 0 aliphatic carbocycles. The number of hydrogen-bond donors (Lipinski definition) is 2. The second-order valence-electron chi connectivity index (χ2n) is 5.22. The first-order chi connectivity index (χ1) is 8.77. The Labute approximate surface area is 115 Å². The van der Waals surface area contributed by atoms with E-state index in [0.29, 0.717) is 6.54 Å². The number of carboxylic acids is 1. The molecule has 0 aromatic rings. The van der Waals surface area contributed by atoms with Crippen molar-refractivity contribution in [3.05, 3.63) is 0 Å². The van der Waals surface area contributed by atoms with Crippen LogP contribution < -0.4 is 5.32 Å². The molecule has 112 valence electrons. The molecular weight excluding hydrogens is 246 g/mol. The molecule has 6 heteroatoms. The fourth-order valence-corrected chi connectivity index (χ4v) is 1.59. The van der Waals surface area contributed by atoms with Crippen LogP contribution in [0.3, 0.4) is 0 Å². The minimum absolute atomic E-state index is 0.0732. The molecule has 6 nitrogen and oxygen atoms in total. The summed E-state index contributed by atoms with van der Waals surface area (Å²) in [6.07, 6.45) is 0.866. The molecule has 0 aromatic carbocycles. The predicted octanol–water partition coefficient (Wildman–Crippen LogP) is 1.08. The Morgan fingerprint density at radius 1 is 1.26 bits per heavy atom. The monoisotopic (exact) mass is 273 g/mol. The van der Waals surface area contributed by atoms with Gasteiger partial charge in [-0.15, -0.1) is 0 Å². The smallest absolute Gasteiger partial charge is 0.317 e. The molecule has 0 fully saturated rings. The topological polar surface area (TPSA) is 72.9 Å². The summed E-state index contributed by atoms with van der Waals surface area (Å²) in [4.78, 5) is 26.4. The quantitative estimate of drug-likeness (QED) is 0.694. The average molecular weight is 273 g/mol. The van der Waals surface area contributed by atoms with Crippen molar-refractivity contribution in [2.24, 2.45) is 5.92 Å². The number of rotatable bonds is 8. The summed E-state index contributed by atoms with van der Waals surface area (Å²) < 4.78 is 0. The summed E-state index contributed by atoms with van der Waals surface area (Å²) in [6.45, 7) is 7.04. The van der Waals surface area contributed by atoms with Gasteiger partial charge in [-0.2, -0.15) is 0 Å². The van der Waals surface area contributed by atoms with E-state index in [4.69, 9.17) is 5.11 Å². The van der Waals surface area contributed by atoms with E-state index in [1.165, 1.54) is 4.90 Å². The lowest BCUT2D eigenvalue weighted by molar-refractivity contribution is -0.141. The molecule has 0 aromatic heterocycles. The number of carbonyl (C=O) groups excluding carboxylic acids is 1. The lowest BCUT2D eigenvalue weighted by Crippen LogP contribution is -2.46. The summed E-state index contributed by atoms with van der Waals surface area (Å²) >= 11 is 0. The van der Waals surface area contributed by atoms with E-state index >= 15 is 0 Å². The van der Waals surface area contributed by atoms with Gasteiger partial charge in [-0.1, -0.05) is 6.92 Å². The Morgan fingerprint density at radius 2 is 1.84 bits per heavy atom. The van der Waals surface area contributed by atoms with E-state index in [1.807, 2.05) is 27.9 Å². The number of carboxylic acid groups (broad SMARTS) is 1. The van der Waals surface area contributed by atoms with E-state index in [0.717, 1.165) is 13.0 Å². The minimum atomic E-state index is -0.882. The van der Waals surface area contributed by atoms with E-state index in [2.05, 4.69) is 10.2 Å². The zero-order chi connectivity index (χ0) is 15.0. The molecule has 2 unspecified atom stereocenters. The molecule has 2 N–H and O–H groups in total. The summed E-state index contributed by atoms with van der Waals surface area (Å²) in [5.74, 6) is -1.44. The fraction of sp³-hybridized carbons (Fsp3) is 0.846. The van der Waals surface area contributed by atoms with Crippen molar-refractivity contribution in [3.8, 4) is 0 Å². The number of nitrogens with one attached hydrogen (secondary N) is 1. The zero-order valence-electron chi connectivity index (χ0n) is 12.6. The summed E-state index contributed by atoms with van der Waals surface area (Å²) in [6, 6.07) is -0.119. The van der Waals surface area contributed by atoms with Gasteiger partial charge in [0.1, 0.15) is 0 Å². The van der Waals surface area contributed by atoms with E-state index in [1.54, 1.807) is 6.92 Å². The van der Waals surface area contributed by atoms with Gasteiger partial charge >= 0.3 is 12.0 Å². The Balaban J connectivity index is 4.24. The number of carbonyl (C=O) groups is 2. The van der Waals surface area contributed by atoms with Crippen molar-refractivity contribution < 1.29 is 14.7 Å². The van der Waals surface area contributed by atoms with E-state index in [9.17, 15) is 9.59 Å². The molecule has 0 spiro atoms. The van der Waals surface area contributed by atoms with Crippen molar-refractivity contribution in [2.75, 3.05) is 33.7 Å². The maximum atomic E-state index is 12.0. The SMILES string of the molecule is CCN(CC(C)C(=O)O)C(=O)NC(C)CCN(C)C. The number of nitrogens with zero attached hydrogens (tertiary/aromatic N) is 2. The molecule has 0 heterocycles. The highest BCUT2D eigenvalue weighted by molar-refractivity contribution is 5.76. The van der Waals surface area contributed by atoms with Crippen molar-refractivity contribution in [1.82, 2.24) is 15.1 Å². The van der Waals surface area contributed by atoms with Gasteiger partial charge in [-0.25, -0.2) is 4.79 Å². The Kier molecular flexibility index (Phi) is 8.14. The molecule has 0 aliphatic rings. The maximum absolute atomic E-state index is 12.0. The van der Waals surface area contributed by atoms with Crippen LogP contribution in [0.1, 0.15) is 27.2 Å². The second-order valence-corrected chi connectivity index (χ2v) is 5.22. The molecule has 0 radical (unpaired) electrons. The lowest BCUT2D eigenvalue weighted by atomic mass is 10.2. The molecule has 0 saturated heterocycles. The van der Waals surface area contributed by atoms with Crippen LogP contribution in [0.4, 0.5) is 4.79 Å². The van der Waals surface area contributed by atoms with Gasteiger partial charge in [0.15, 0.2) is 0 Å². The van der Waals surface area contributed by atoms with Gasteiger partial charge in [0.05, 0.1) is 5.92 Å². The highest BCUT2D eigenvalue weighted by Crippen LogP contribution is 2.02. The van der Waals surface area contributed by atoms with Crippen molar-refractivity contribution in [1.29, 1.82) is 0 Å². The number of urea groups is 1. The lowest BCUT2D eigenvalue weighted by Gasteiger charge is -2.25. The summed E-state index contributed by atoms with van der Waals surface area (Å²) in [7, 11) is 3.98. The zero-order valence-corrected chi connectivity index (χ0v) is 12.6. The summed E-state index contributed by atoms with van der Waals surface area (Å²) in [5, 5.41) is 11.8. The summed E-state index contributed by atoms with van der Waals surface area (Å²) in [5.41, 5.74) is 0. The third-order valence-corrected chi connectivity index (χ3v) is 2.96. The largest absolute Gasteiger partial charge is 0.481 e. The van der Waals surface area contributed by atoms with Crippen molar-refractivity contribution in [2.45, 2.75) is 33.2 Å². The minimum Gasteiger partial charge on any atom is -0.481 e. The average Bonchev–Trinajstić information content (AvgIpc) is 2.32. The number of hydrogen-bond acceptors (Lipinski definition) is 3. The van der Waals surface area contributed by atoms with Crippen LogP contribution in [0.5, 0.6) is 0 Å². The van der Waals surface area contributed by atoms with Crippen LogP contribution in [0.25, 0.3) is 0 Å². The first kappa shape index (κ1) is 17.7. The Bertz CT molecular complexity index is 295. The third-order valence-electron chi connectivity index (χ3n) is 2.96. The van der Waals surface area contributed by atoms with Crippen LogP contribution in [0, 0.1) is 5.92 Å². The molecule has 0 aliphatic heterocycles. The number of aliphatic carboxylic acids is 1. The van der Waals surface area contributed by atoms with Crippen LogP contribution in [0.15, 0.2) is 0 Å². The second kappa shape index (κ2) is 8.74. The normalized spacial score (nSPS) is 14.0. The van der Waals surface area contributed by atoms with Gasteiger partial charge in [0.25, 0.3) is 0 Å². The molecule has 0 bridgehead atoms. The standard InChI is InChI=1S/C13H27N3O3/c1-6-16(9-10(2)12(17)18)13(19)14-11(3)7-8-15(4)5/h10-11H,6-9H2,1-5H3,(H,14,19)(H,17,18). The van der Waals surface area contributed by atoms with Crippen LogP contribution in [-0.4, -0.2) is 66.7 Å². The molecule has 19 heavy (non-hydrogen) atoms. The maximum Gasteiger partial charge on any atom is 0.317 e. The fourth-order valence-electron chi connectivity index (χ4n) is 1.59. The van der Waals surface area contributed by atoms with Crippen molar-refractivity contribution in [3.63, 3.8) is 0 Å². The first-order valence-electron chi connectivity index (χ1n) is 6.70. The molecule has 2 atom stereocenters. The molecule has 2 amide bonds. The highest BCUT2D eigenvalue weighted by atomic mass is 16.4. The molecular formula is C13H27N3O3. The third kappa shape index (κ3) is 7.66. The van der Waals surface area contributed by atoms with Crippen LogP contribution in [-0.2, 0) is 4.79 Å². The van der Waals surface area contributed by atoms with Gasteiger partial charge in [0.2, 0.25) is 0 Å². The van der Waals surface area contributed by atoms with Gasteiger partial charge in [-0.3, -0.25) is 4.79 Å². The predicted molar refractivity (Wildman–Crippen MR) is 75.2 cm³/mol. The molecule has 0 saturated carbocycles. The van der Waals surface area contributed by atoms with Gasteiger partial charge in [-0.05, 0) is 40.9 Å². The van der Waals surface area contributed by atoms with Crippen molar-refractivity contribution >= 4 is 12.0 Å². The Hall–Kier alpha value is -1.30. The van der Waals surface area contributed by atoms with E-state index in [-0.39, 0.29) is 18.6 Å². The molecule has 0 rings (SSSR count). The Morgan fingerprint density at radius 3 is 2.26 bits per heavy atom. The van der Waals surface area contributed by atoms with E-state index < -0.39 is 11.9 Å². The van der Waals surface area contributed by atoms with Crippen LogP contribution >= 0.6 is 0 Å². The number of amides is 2. The first-order valence-corrected chi connectivity index (χ1v) is 6.70. The highest BCUT2D eigenvalue weighted by Gasteiger charge is 2.20. The van der Waals surface area contributed by atoms with Crippen LogP contribution in [0.2, 0.25) is 0 Å².